The molecule has 1 rings (SSSR count). The molecule has 16 heavy (non-hydrogen) atoms. The first-order valence-corrected chi connectivity index (χ1v) is 5.43. The van der Waals surface area contributed by atoms with Gasteiger partial charge in [0.2, 0.25) is 0 Å². The molecule has 0 aliphatic rings. The summed E-state index contributed by atoms with van der Waals surface area (Å²) >= 11 is 0. The van der Waals surface area contributed by atoms with Gasteiger partial charge in [-0.2, -0.15) is 0 Å². The van der Waals surface area contributed by atoms with Crippen molar-refractivity contribution < 1.29 is 9.90 Å². The van der Waals surface area contributed by atoms with Gasteiger partial charge in [0.1, 0.15) is 0 Å². The predicted octanol–water partition coefficient (Wildman–Crippen LogP) is 2.63. The van der Waals surface area contributed by atoms with Crippen molar-refractivity contribution in [3.8, 4) is 0 Å². The Bertz CT molecular complexity index is 381. The van der Waals surface area contributed by atoms with Crippen molar-refractivity contribution in [2.45, 2.75) is 13.8 Å². The van der Waals surface area contributed by atoms with E-state index in [0.717, 1.165) is 30.4 Å². The maximum Gasteiger partial charge on any atom is 0.328 e. The van der Waals surface area contributed by atoms with Gasteiger partial charge < -0.3 is 10.0 Å². The molecule has 3 heteroatoms. The first-order chi connectivity index (χ1) is 7.67. The number of carbonyl (C=O) groups is 1. The highest BCUT2D eigenvalue weighted by atomic mass is 16.4. The van der Waals surface area contributed by atoms with E-state index in [-0.39, 0.29) is 0 Å². The molecule has 0 aliphatic heterocycles. The van der Waals surface area contributed by atoms with Crippen molar-refractivity contribution in [2.75, 3.05) is 18.0 Å². The minimum absolute atomic E-state index is 0.909. The third kappa shape index (κ3) is 3.42. The zero-order chi connectivity index (χ0) is 12.0. The summed E-state index contributed by atoms with van der Waals surface area (Å²) in [6.07, 6.45) is 2.76. The van der Waals surface area contributed by atoms with E-state index in [1.807, 2.05) is 24.3 Å². The number of nitrogens with zero attached hydrogens (tertiary/aromatic N) is 1. The minimum Gasteiger partial charge on any atom is -0.478 e. The molecule has 0 saturated carbocycles. The van der Waals surface area contributed by atoms with Gasteiger partial charge >= 0.3 is 5.97 Å². The van der Waals surface area contributed by atoms with Crippen LogP contribution >= 0.6 is 0 Å². The summed E-state index contributed by atoms with van der Waals surface area (Å²) in [6.45, 7) is 6.09. The lowest BCUT2D eigenvalue weighted by atomic mass is 10.1. The molecule has 3 nitrogen and oxygen atoms in total. The van der Waals surface area contributed by atoms with Crippen LogP contribution in [0.1, 0.15) is 19.4 Å². The first-order valence-electron chi connectivity index (χ1n) is 5.43. The lowest BCUT2D eigenvalue weighted by molar-refractivity contribution is -0.131. The fourth-order valence-electron chi connectivity index (χ4n) is 1.58. The first kappa shape index (κ1) is 12.3. The number of benzene rings is 1. The van der Waals surface area contributed by atoms with Crippen LogP contribution in [0.3, 0.4) is 0 Å². The average molecular weight is 219 g/mol. The minimum atomic E-state index is -0.923. The SMILES string of the molecule is CCN(CC)c1cccc(/C=C/C(=O)O)c1. The molecule has 1 N–H and O–H groups in total. The molecule has 0 aromatic heterocycles. The smallest absolute Gasteiger partial charge is 0.328 e. The van der Waals surface area contributed by atoms with Crippen LogP contribution in [0.25, 0.3) is 6.08 Å². The van der Waals surface area contributed by atoms with Crippen LogP contribution in [0.4, 0.5) is 5.69 Å². The summed E-state index contributed by atoms with van der Waals surface area (Å²) in [5.41, 5.74) is 2.03. The van der Waals surface area contributed by atoms with E-state index in [1.54, 1.807) is 6.08 Å². The Morgan fingerprint density at radius 2 is 2.06 bits per heavy atom. The summed E-state index contributed by atoms with van der Waals surface area (Å²) in [5, 5.41) is 8.55. The molecule has 1 aromatic rings. The normalized spacial score (nSPS) is 10.6. The zero-order valence-electron chi connectivity index (χ0n) is 9.68. The monoisotopic (exact) mass is 219 g/mol. The van der Waals surface area contributed by atoms with Gasteiger partial charge in [-0.3, -0.25) is 0 Å². The van der Waals surface area contributed by atoms with Crippen LogP contribution in [-0.2, 0) is 4.79 Å². The molecule has 0 saturated heterocycles. The number of hydrogen-bond acceptors (Lipinski definition) is 2. The topological polar surface area (TPSA) is 40.5 Å². The van der Waals surface area contributed by atoms with Crippen molar-refractivity contribution in [1.82, 2.24) is 0 Å². The number of carboxylic acid groups (broad SMARTS) is 1. The van der Waals surface area contributed by atoms with Crippen molar-refractivity contribution in [2.24, 2.45) is 0 Å². The second-order valence-corrected chi connectivity index (χ2v) is 3.44. The Balaban J connectivity index is 2.90. The Kier molecular flexibility index (Phi) is 4.58. The van der Waals surface area contributed by atoms with E-state index >= 15 is 0 Å². The maximum atomic E-state index is 10.4. The summed E-state index contributed by atoms with van der Waals surface area (Å²) in [7, 11) is 0. The van der Waals surface area contributed by atoms with Gasteiger partial charge in [0.15, 0.2) is 0 Å². The molecule has 0 aliphatic carbocycles. The molecule has 0 unspecified atom stereocenters. The third-order valence-electron chi connectivity index (χ3n) is 2.42. The number of hydrogen-bond donors (Lipinski definition) is 1. The van der Waals surface area contributed by atoms with E-state index < -0.39 is 5.97 Å². The Hall–Kier alpha value is -1.77. The van der Waals surface area contributed by atoms with E-state index in [9.17, 15) is 4.79 Å². The number of carboxylic acids is 1. The van der Waals surface area contributed by atoms with E-state index in [0.29, 0.717) is 0 Å². The predicted molar refractivity (Wildman–Crippen MR) is 66.7 cm³/mol. The molecule has 0 spiro atoms. The molecule has 0 atom stereocenters. The third-order valence-corrected chi connectivity index (χ3v) is 2.42. The van der Waals surface area contributed by atoms with Gasteiger partial charge in [-0.15, -0.1) is 0 Å². The second kappa shape index (κ2) is 5.95. The van der Waals surface area contributed by atoms with Crippen LogP contribution < -0.4 is 4.90 Å². The highest BCUT2D eigenvalue weighted by Gasteiger charge is 2.01. The van der Waals surface area contributed by atoms with Gasteiger partial charge in [0.05, 0.1) is 0 Å². The molecule has 0 amide bonds. The van der Waals surface area contributed by atoms with Crippen LogP contribution in [0.5, 0.6) is 0 Å². The van der Waals surface area contributed by atoms with Crippen molar-refractivity contribution in [3.05, 3.63) is 35.9 Å². The van der Waals surface area contributed by atoms with Crippen LogP contribution in [0.2, 0.25) is 0 Å². The number of rotatable bonds is 5. The van der Waals surface area contributed by atoms with Gasteiger partial charge in [0, 0.05) is 24.9 Å². The molecule has 0 heterocycles. The largest absolute Gasteiger partial charge is 0.478 e. The summed E-state index contributed by atoms with van der Waals surface area (Å²) < 4.78 is 0. The average Bonchev–Trinajstić information content (AvgIpc) is 2.29. The van der Waals surface area contributed by atoms with Crippen molar-refractivity contribution in [3.63, 3.8) is 0 Å². The van der Waals surface area contributed by atoms with Crippen LogP contribution in [-0.4, -0.2) is 24.2 Å². The lowest BCUT2D eigenvalue weighted by Crippen LogP contribution is -2.21. The number of anilines is 1. The molecule has 0 bridgehead atoms. The lowest BCUT2D eigenvalue weighted by Gasteiger charge is -2.21. The zero-order valence-corrected chi connectivity index (χ0v) is 9.68. The second-order valence-electron chi connectivity index (χ2n) is 3.44. The van der Waals surface area contributed by atoms with Crippen LogP contribution in [0, 0.1) is 0 Å². The standard InChI is InChI=1S/C13H17NO2/c1-3-14(4-2)12-7-5-6-11(10-12)8-9-13(15)16/h5-10H,3-4H2,1-2H3,(H,15,16)/b9-8+. The molecule has 0 fully saturated rings. The van der Waals surface area contributed by atoms with E-state index in [1.165, 1.54) is 0 Å². The van der Waals surface area contributed by atoms with E-state index in [2.05, 4.69) is 18.7 Å². The van der Waals surface area contributed by atoms with Crippen molar-refractivity contribution >= 4 is 17.7 Å². The fourth-order valence-corrected chi connectivity index (χ4v) is 1.58. The maximum absolute atomic E-state index is 10.4. The summed E-state index contributed by atoms with van der Waals surface area (Å²) in [5.74, 6) is -0.923. The summed E-state index contributed by atoms with van der Waals surface area (Å²) in [6, 6.07) is 7.86. The van der Waals surface area contributed by atoms with Crippen LogP contribution in [0.15, 0.2) is 30.3 Å². The highest BCUT2D eigenvalue weighted by molar-refractivity contribution is 5.85. The quantitative estimate of drug-likeness (QED) is 0.774. The highest BCUT2D eigenvalue weighted by Crippen LogP contribution is 2.16. The Labute approximate surface area is 96.0 Å². The molecule has 0 radical (unpaired) electrons. The molecular weight excluding hydrogens is 202 g/mol. The Morgan fingerprint density at radius 1 is 1.38 bits per heavy atom. The van der Waals surface area contributed by atoms with Gasteiger partial charge in [-0.1, -0.05) is 12.1 Å². The fraction of sp³-hybridized carbons (Fsp3) is 0.308. The molecule has 1 aromatic carbocycles. The van der Waals surface area contributed by atoms with Gasteiger partial charge in [-0.05, 0) is 37.6 Å². The summed E-state index contributed by atoms with van der Waals surface area (Å²) in [4.78, 5) is 12.6. The van der Waals surface area contributed by atoms with Gasteiger partial charge in [0.25, 0.3) is 0 Å². The van der Waals surface area contributed by atoms with Gasteiger partial charge in [-0.25, -0.2) is 4.79 Å². The van der Waals surface area contributed by atoms with E-state index in [4.69, 9.17) is 5.11 Å². The molecular formula is C13H17NO2. The Morgan fingerprint density at radius 3 is 2.62 bits per heavy atom. The number of aliphatic carboxylic acids is 1. The molecule has 86 valence electrons. The van der Waals surface area contributed by atoms with Crippen molar-refractivity contribution in [1.29, 1.82) is 0 Å².